The number of anilines is 1. The zero-order valence-electron chi connectivity index (χ0n) is 8.97. The summed E-state index contributed by atoms with van der Waals surface area (Å²) in [6.45, 7) is 2.06. The largest absolute Gasteiger partial charge is 0.481 e. The lowest BCUT2D eigenvalue weighted by Crippen LogP contribution is -2.37. The van der Waals surface area contributed by atoms with Gasteiger partial charge in [-0.05, 0) is 25.0 Å². The van der Waals surface area contributed by atoms with E-state index in [0.29, 0.717) is 6.42 Å². The Kier molecular flexibility index (Phi) is 2.39. The number of rotatable bonds is 1. The number of benzene rings is 1. The third kappa shape index (κ3) is 1.58. The van der Waals surface area contributed by atoms with Crippen LogP contribution in [-0.2, 0) is 4.79 Å². The van der Waals surface area contributed by atoms with Gasteiger partial charge in [-0.25, -0.2) is 0 Å². The minimum absolute atomic E-state index is 0.279. The molecule has 0 amide bonds. The maximum absolute atomic E-state index is 11.2. The van der Waals surface area contributed by atoms with Gasteiger partial charge in [-0.2, -0.15) is 0 Å². The molecule has 80 valence electrons. The molecule has 3 heteroatoms. The van der Waals surface area contributed by atoms with Gasteiger partial charge >= 0.3 is 5.97 Å². The van der Waals surface area contributed by atoms with Crippen molar-refractivity contribution < 1.29 is 9.90 Å². The van der Waals surface area contributed by atoms with Gasteiger partial charge in [0.2, 0.25) is 0 Å². The van der Waals surface area contributed by atoms with E-state index in [1.165, 1.54) is 0 Å². The molecule has 0 unspecified atom stereocenters. The number of carbonyl (C=O) groups is 1. The first-order valence-electron chi connectivity index (χ1n) is 5.16. The van der Waals surface area contributed by atoms with Crippen LogP contribution in [0.25, 0.3) is 0 Å². The molecule has 1 aliphatic heterocycles. The van der Waals surface area contributed by atoms with Gasteiger partial charge in [0.05, 0.1) is 5.92 Å². The predicted octanol–water partition coefficient (Wildman–Crippen LogP) is 2.08. The van der Waals surface area contributed by atoms with Crippen molar-refractivity contribution in [3.63, 3.8) is 0 Å². The fraction of sp³-hybridized carbons (Fsp3) is 0.417. The smallest absolute Gasteiger partial charge is 0.311 e. The molecule has 15 heavy (non-hydrogen) atoms. The number of nitrogens with zero attached hydrogens (tertiary/aromatic N) is 1. The number of hydrogen-bond donors (Lipinski definition) is 1. The first kappa shape index (κ1) is 10.0. The van der Waals surface area contributed by atoms with E-state index in [9.17, 15) is 9.90 Å². The monoisotopic (exact) mass is 205 g/mol. The van der Waals surface area contributed by atoms with Crippen molar-refractivity contribution in [2.24, 2.45) is 0 Å². The molecule has 0 saturated heterocycles. The maximum Gasteiger partial charge on any atom is 0.311 e. The zero-order valence-corrected chi connectivity index (χ0v) is 8.97. The quantitative estimate of drug-likeness (QED) is 0.763. The average Bonchev–Trinajstić information content (AvgIpc) is 2.23. The summed E-state index contributed by atoms with van der Waals surface area (Å²) < 4.78 is 0. The van der Waals surface area contributed by atoms with E-state index in [1.54, 1.807) is 0 Å². The first-order valence-corrected chi connectivity index (χ1v) is 5.16. The van der Waals surface area contributed by atoms with E-state index in [0.717, 1.165) is 11.3 Å². The van der Waals surface area contributed by atoms with Crippen LogP contribution < -0.4 is 4.90 Å². The molecular weight excluding hydrogens is 190 g/mol. The molecule has 0 saturated carbocycles. The van der Waals surface area contributed by atoms with Gasteiger partial charge in [0.15, 0.2) is 0 Å². The van der Waals surface area contributed by atoms with Crippen LogP contribution >= 0.6 is 0 Å². The Morgan fingerprint density at radius 1 is 1.47 bits per heavy atom. The summed E-state index contributed by atoms with van der Waals surface area (Å²) >= 11 is 0. The van der Waals surface area contributed by atoms with Gasteiger partial charge in [-0.15, -0.1) is 0 Å². The van der Waals surface area contributed by atoms with Crippen LogP contribution in [0.15, 0.2) is 24.3 Å². The molecule has 1 aliphatic rings. The highest BCUT2D eigenvalue weighted by atomic mass is 16.4. The predicted molar refractivity (Wildman–Crippen MR) is 59.3 cm³/mol. The highest BCUT2D eigenvalue weighted by Gasteiger charge is 2.31. The molecule has 1 N–H and O–H groups in total. The van der Waals surface area contributed by atoms with Crippen molar-refractivity contribution in [1.29, 1.82) is 0 Å². The molecule has 3 nitrogen and oxygen atoms in total. The van der Waals surface area contributed by atoms with Crippen molar-refractivity contribution in [1.82, 2.24) is 0 Å². The Labute approximate surface area is 89.3 Å². The molecule has 0 spiro atoms. The standard InChI is InChI=1S/C12H15NO2/c1-8-7-10(12(14)15)9-5-3-4-6-11(9)13(8)2/h3-6,8,10H,7H2,1-2H3,(H,14,15)/t8-,10+/m0/s1. The lowest BCUT2D eigenvalue weighted by atomic mass is 9.86. The minimum atomic E-state index is -0.720. The fourth-order valence-electron chi connectivity index (χ4n) is 2.20. The van der Waals surface area contributed by atoms with Gasteiger partial charge in [0.25, 0.3) is 0 Å². The van der Waals surface area contributed by atoms with Gasteiger partial charge in [-0.1, -0.05) is 18.2 Å². The molecule has 1 aromatic carbocycles. The van der Waals surface area contributed by atoms with Gasteiger partial charge in [-0.3, -0.25) is 4.79 Å². The number of hydrogen-bond acceptors (Lipinski definition) is 2. The number of fused-ring (bicyclic) bond motifs is 1. The molecule has 2 rings (SSSR count). The van der Waals surface area contributed by atoms with Crippen molar-refractivity contribution in [3.05, 3.63) is 29.8 Å². The van der Waals surface area contributed by atoms with E-state index in [2.05, 4.69) is 11.8 Å². The van der Waals surface area contributed by atoms with Crippen molar-refractivity contribution in [2.45, 2.75) is 25.3 Å². The van der Waals surface area contributed by atoms with E-state index in [-0.39, 0.29) is 12.0 Å². The highest BCUT2D eigenvalue weighted by molar-refractivity contribution is 5.80. The molecule has 0 fully saturated rings. The first-order chi connectivity index (χ1) is 7.11. The van der Waals surface area contributed by atoms with Crippen LogP contribution in [0.4, 0.5) is 5.69 Å². The summed E-state index contributed by atoms with van der Waals surface area (Å²) in [5.41, 5.74) is 1.98. The average molecular weight is 205 g/mol. The van der Waals surface area contributed by atoms with Gasteiger partial charge in [0.1, 0.15) is 0 Å². The van der Waals surface area contributed by atoms with Crippen LogP contribution in [0.2, 0.25) is 0 Å². The van der Waals surface area contributed by atoms with Crippen molar-refractivity contribution in [3.8, 4) is 0 Å². The second-order valence-electron chi connectivity index (χ2n) is 4.15. The lowest BCUT2D eigenvalue weighted by molar-refractivity contribution is -0.139. The van der Waals surface area contributed by atoms with E-state index in [4.69, 9.17) is 0 Å². The van der Waals surface area contributed by atoms with Gasteiger partial charge < -0.3 is 10.0 Å². The summed E-state index contributed by atoms with van der Waals surface area (Å²) in [4.78, 5) is 13.3. The van der Waals surface area contributed by atoms with Crippen LogP contribution in [-0.4, -0.2) is 24.2 Å². The molecule has 1 heterocycles. The van der Waals surface area contributed by atoms with Crippen LogP contribution in [0, 0.1) is 0 Å². The summed E-state index contributed by atoms with van der Waals surface area (Å²) in [6, 6.07) is 8.03. The van der Waals surface area contributed by atoms with Crippen LogP contribution in [0.1, 0.15) is 24.8 Å². The topological polar surface area (TPSA) is 40.5 Å². The van der Waals surface area contributed by atoms with Crippen LogP contribution in [0.5, 0.6) is 0 Å². The summed E-state index contributed by atoms with van der Waals surface area (Å²) in [6.07, 6.45) is 0.683. The third-order valence-electron chi connectivity index (χ3n) is 3.23. The molecular formula is C12H15NO2. The summed E-state index contributed by atoms with van der Waals surface area (Å²) in [5.74, 6) is -1.07. The Balaban J connectivity index is 2.49. The Morgan fingerprint density at radius 3 is 2.80 bits per heavy atom. The van der Waals surface area contributed by atoms with Gasteiger partial charge in [0, 0.05) is 18.8 Å². The fourth-order valence-corrected chi connectivity index (χ4v) is 2.20. The minimum Gasteiger partial charge on any atom is -0.481 e. The maximum atomic E-state index is 11.2. The second kappa shape index (κ2) is 3.57. The number of carboxylic acids is 1. The molecule has 0 bridgehead atoms. The normalized spacial score (nSPS) is 24.8. The molecule has 0 aliphatic carbocycles. The Hall–Kier alpha value is -1.51. The highest BCUT2D eigenvalue weighted by Crippen LogP contribution is 2.37. The molecule has 0 aromatic heterocycles. The Bertz CT molecular complexity index is 389. The second-order valence-corrected chi connectivity index (χ2v) is 4.15. The summed E-state index contributed by atoms with van der Waals surface area (Å²) in [7, 11) is 2.02. The number of carboxylic acid groups (broad SMARTS) is 1. The molecule has 1 aromatic rings. The lowest BCUT2D eigenvalue weighted by Gasteiger charge is -2.36. The van der Waals surface area contributed by atoms with E-state index >= 15 is 0 Å². The zero-order chi connectivity index (χ0) is 11.0. The molecule has 0 radical (unpaired) electrons. The SMILES string of the molecule is C[C@H]1C[C@@H](C(=O)O)c2ccccc2N1C. The number of aliphatic carboxylic acids is 1. The van der Waals surface area contributed by atoms with E-state index < -0.39 is 5.97 Å². The number of para-hydroxylation sites is 1. The third-order valence-corrected chi connectivity index (χ3v) is 3.23. The summed E-state index contributed by atoms with van der Waals surface area (Å²) in [5, 5.41) is 9.17. The van der Waals surface area contributed by atoms with E-state index in [1.807, 2.05) is 31.3 Å². The van der Waals surface area contributed by atoms with Crippen molar-refractivity contribution in [2.75, 3.05) is 11.9 Å². The van der Waals surface area contributed by atoms with Crippen LogP contribution in [0.3, 0.4) is 0 Å². The molecule has 2 atom stereocenters. The van der Waals surface area contributed by atoms with Crippen molar-refractivity contribution >= 4 is 11.7 Å². The Morgan fingerprint density at radius 2 is 2.13 bits per heavy atom.